The number of halogens is 1. The molecule has 3 heterocycles. The quantitative estimate of drug-likeness (QED) is 0.269. The number of ketones is 1. The zero-order valence-electron chi connectivity index (χ0n) is 17.9. The van der Waals surface area contributed by atoms with Crippen LogP contribution in [0.25, 0.3) is 5.69 Å². The van der Waals surface area contributed by atoms with Gasteiger partial charge in [-0.3, -0.25) is 9.36 Å². The molecule has 0 aliphatic heterocycles. The second kappa shape index (κ2) is 8.43. The number of benzene rings is 1. The largest absolute Gasteiger partial charge is 0.467 e. The van der Waals surface area contributed by atoms with Crippen LogP contribution >= 0.6 is 11.8 Å². The van der Waals surface area contributed by atoms with E-state index in [1.54, 1.807) is 12.3 Å². The lowest BCUT2D eigenvalue weighted by atomic mass is 10.2. The number of furan rings is 1. The number of hydrogen-bond donors (Lipinski definition) is 0. The van der Waals surface area contributed by atoms with Crippen molar-refractivity contribution in [2.75, 3.05) is 5.75 Å². The maximum Gasteiger partial charge on any atom is 0.192 e. The molecule has 1 aliphatic carbocycles. The van der Waals surface area contributed by atoms with E-state index in [0.717, 1.165) is 41.0 Å². The molecule has 0 N–H and O–H groups in total. The molecule has 6 nitrogen and oxygen atoms in total. The lowest BCUT2D eigenvalue weighted by molar-refractivity contribution is 0.102. The second-order valence-electron chi connectivity index (χ2n) is 8.09. The Labute approximate surface area is 189 Å². The van der Waals surface area contributed by atoms with E-state index in [1.807, 2.05) is 42.7 Å². The highest BCUT2D eigenvalue weighted by Crippen LogP contribution is 2.40. The van der Waals surface area contributed by atoms with Gasteiger partial charge in [0.05, 0.1) is 18.6 Å². The third-order valence-electron chi connectivity index (χ3n) is 5.71. The number of Topliss-reactive ketones (excluding diaryl/α,β-unsaturated/α-hetero) is 1. The fraction of sp³-hybridized carbons (Fsp3) is 0.292. The average Bonchev–Trinajstić information content (AvgIpc) is 3.20. The van der Waals surface area contributed by atoms with E-state index in [1.165, 1.54) is 23.9 Å². The van der Waals surface area contributed by atoms with E-state index in [4.69, 9.17) is 4.42 Å². The summed E-state index contributed by atoms with van der Waals surface area (Å²) in [7, 11) is 0. The molecular weight excluding hydrogens is 427 g/mol. The number of carbonyl (C=O) groups is 1. The molecule has 0 atom stereocenters. The Balaban J connectivity index is 1.36. The summed E-state index contributed by atoms with van der Waals surface area (Å²) in [5.41, 5.74) is 3.03. The Bertz CT molecular complexity index is 1270. The van der Waals surface area contributed by atoms with Gasteiger partial charge >= 0.3 is 0 Å². The molecular formula is C24H23FN4O2S. The van der Waals surface area contributed by atoms with Crippen LogP contribution in [0.4, 0.5) is 4.39 Å². The fourth-order valence-corrected chi connectivity index (χ4v) is 4.85. The molecule has 0 bridgehead atoms. The van der Waals surface area contributed by atoms with Crippen molar-refractivity contribution in [3.05, 3.63) is 83.1 Å². The predicted octanol–water partition coefficient (Wildman–Crippen LogP) is 5.32. The minimum Gasteiger partial charge on any atom is -0.467 e. The number of nitrogens with zero attached hydrogens (tertiary/aromatic N) is 4. The van der Waals surface area contributed by atoms with Gasteiger partial charge in [0.1, 0.15) is 17.4 Å². The van der Waals surface area contributed by atoms with Gasteiger partial charge in [0, 0.05) is 28.6 Å². The number of aryl methyl sites for hydroxylation is 1. The number of carbonyl (C=O) groups excluding carboxylic acids is 1. The van der Waals surface area contributed by atoms with Crippen molar-refractivity contribution in [3.8, 4) is 5.69 Å². The van der Waals surface area contributed by atoms with E-state index < -0.39 is 0 Å². The maximum atomic E-state index is 13.7. The molecule has 8 heteroatoms. The van der Waals surface area contributed by atoms with Gasteiger partial charge in [0.2, 0.25) is 0 Å². The monoisotopic (exact) mass is 450 g/mol. The first-order valence-electron chi connectivity index (χ1n) is 10.6. The van der Waals surface area contributed by atoms with Crippen LogP contribution in [0.5, 0.6) is 0 Å². The van der Waals surface area contributed by atoms with Gasteiger partial charge in [0.25, 0.3) is 0 Å². The van der Waals surface area contributed by atoms with Gasteiger partial charge in [-0.1, -0.05) is 17.8 Å². The maximum absolute atomic E-state index is 13.7. The molecule has 1 saturated carbocycles. The van der Waals surface area contributed by atoms with Gasteiger partial charge < -0.3 is 8.98 Å². The van der Waals surface area contributed by atoms with Crippen LogP contribution in [0.15, 0.2) is 58.3 Å². The molecule has 5 rings (SSSR count). The molecule has 3 aromatic heterocycles. The van der Waals surface area contributed by atoms with Crippen molar-refractivity contribution in [2.45, 2.75) is 44.3 Å². The zero-order chi connectivity index (χ0) is 22.2. The van der Waals surface area contributed by atoms with Crippen LogP contribution in [0.2, 0.25) is 0 Å². The topological polar surface area (TPSA) is 65.8 Å². The average molecular weight is 451 g/mol. The van der Waals surface area contributed by atoms with E-state index in [0.29, 0.717) is 23.7 Å². The summed E-state index contributed by atoms with van der Waals surface area (Å²) in [6, 6.07) is 12.0. The van der Waals surface area contributed by atoms with Crippen LogP contribution in [-0.4, -0.2) is 30.9 Å². The third kappa shape index (κ3) is 4.02. The molecule has 32 heavy (non-hydrogen) atoms. The molecule has 0 amide bonds. The van der Waals surface area contributed by atoms with Gasteiger partial charge in [0.15, 0.2) is 10.9 Å². The SMILES string of the molecule is Cc1cc(C(=O)CSc2nnc(C3CC3)n2Cc2ccco2)c(C)n1-c1cccc(F)c1. The number of aromatic nitrogens is 4. The lowest BCUT2D eigenvalue weighted by Gasteiger charge is -2.10. The highest BCUT2D eigenvalue weighted by atomic mass is 32.2. The molecule has 1 fully saturated rings. The van der Waals surface area contributed by atoms with Crippen LogP contribution in [0, 0.1) is 19.7 Å². The first-order chi connectivity index (χ1) is 15.5. The summed E-state index contributed by atoms with van der Waals surface area (Å²) < 4.78 is 23.2. The van der Waals surface area contributed by atoms with Crippen LogP contribution in [-0.2, 0) is 6.54 Å². The van der Waals surface area contributed by atoms with Gasteiger partial charge in [-0.15, -0.1) is 10.2 Å². The smallest absolute Gasteiger partial charge is 0.192 e. The summed E-state index contributed by atoms with van der Waals surface area (Å²) in [5.74, 6) is 2.17. The molecule has 1 aromatic carbocycles. The van der Waals surface area contributed by atoms with Crippen molar-refractivity contribution < 1.29 is 13.6 Å². The summed E-state index contributed by atoms with van der Waals surface area (Å²) in [6.07, 6.45) is 3.89. The molecule has 0 radical (unpaired) electrons. The van der Waals surface area contributed by atoms with E-state index >= 15 is 0 Å². The van der Waals surface area contributed by atoms with Crippen molar-refractivity contribution in [2.24, 2.45) is 0 Å². The van der Waals surface area contributed by atoms with E-state index in [2.05, 4.69) is 14.8 Å². The Morgan fingerprint density at radius 1 is 1.19 bits per heavy atom. The van der Waals surface area contributed by atoms with Crippen LogP contribution < -0.4 is 0 Å². The fourth-order valence-electron chi connectivity index (χ4n) is 4.02. The lowest BCUT2D eigenvalue weighted by Crippen LogP contribution is -2.08. The Hall–Kier alpha value is -3.13. The first kappa shape index (κ1) is 20.8. The normalized spacial score (nSPS) is 13.6. The standard InChI is InChI=1S/C24H23FN4O2S/c1-15-11-21(16(2)29(15)19-6-3-5-18(25)12-19)22(30)14-32-24-27-26-23(17-8-9-17)28(24)13-20-7-4-10-31-20/h3-7,10-12,17H,8-9,13-14H2,1-2H3. The molecule has 1 aliphatic rings. The molecule has 164 valence electrons. The summed E-state index contributed by atoms with van der Waals surface area (Å²) in [5, 5.41) is 9.47. The van der Waals surface area contributed by atoms with E-state index in [9.17, 15) is 9.18 Å². The van der Waals surface area contributed by atoms with Crippen molar-refractivity contribution in [3.63, 3.8) is 0 Å². The van der Waals surface area contributed by atoms with Gasteiger partial charge in [-0.25, -0.2) is 4.39 Å². The Morgan fingerprint density at radius 2 is 2.03 bits per heavy atom. The Kier molecular flexibility index (Phi) is 5.46. The predicted molar refractivity (Wildman–Crippen MR) is 120 cm³/mol. The third-order valence-corrected chi connectivity index (χ3v) is 6.68. The van der Waals surface area contributed by atoms with Crippen molar-refractivity contribution in [1.82, 2.24) is 19.3 Å². The van der Waals surface area contributed by atoms with Crippen molar-refractivity contribution in [1.29, 1.82) is 0 Å². The summed E-state index contributed by atoms with van der Waals surface area (Å²) in [4.78, 5) is 13.1. The first-order valence-corrected chi connectivity index (χ1v) is 11.6. The van der Waals surface area contributed by atoms with Gasteiger partial charge in [-0.05, 0) is 63.1 Å². The summed E-state index contributed by atoms with van der Waals surface area (Å²) >= 11 is 1.39. The highest BCUT2D eigenvalue weighted by molar-refractivity contribution is 7.99. The van der Waals surface area contributed by atoms with Crippen LogP contribution in [0.3, 0.4) is 0 Å². The van der Waals surface area contributed by atoms with E-state index in [-0.39, 0.29) is 17.4 Å². The minimum absolute atomic E-state index is 0.00581. The summed E-state index contributed by atoms with van der Waals surface area (Å²) in [6.45, 7) is 4.36. The molecule has 0 spiro atoms. The molecule has 0 unspecified atom stereocenters. The van der Waals surface area contributed by atoms with Gasteiger partial charge in [-0.2, -0.15) is 0 Å². The molecule has 4 aromatic rings. The zero-order valence-corrected chi connectivity index (χ0v) is 18.7. The number of rotatable bonds is 8. The number of hydrogen-bond acceptors (Lipinski definition) is 5. The highest BCUT2D eigenvalue weighted by Gasteiger charge is 2.31. The van der Waals surface area contributed by atoms with Crippen LogP contribution in [0.1, 0.15) is 52.1 Å². The number of thioether (sulfide) groups is 1. The molecule has 0 saturated heterocycles. The minimum atomic E-state index is -0.305. The second-order valence-corrected chi connectivity index (χ2v) is 9.03. The Morgan fingerprint density at radius 3 is 2.75 bits per heavy atom. The van der Waals surface area contributed by atoms with Crippen molar-refractivity contribution >= 4 is 17.5 Å².